The molecular weight excluding hydrogens is 108 g/mol. The van der Waals surface area contributed by atoms with Crippen LogP contribution >= 0.6 is 0 Å². The van der Waals surface area contributed by atoms with Gasteiger partial charge in [-0.3, -0.25) is 0 Å². The summed E-state index contributed by atoms with van der Waals surface area (Å²) in [4.78, 5) is 0. The SMILES string of the molecule is [c]1cccc2c1C[CH]C2. The van der Waals surface area contributed by atoms with Crippen LogP contribution in [0.5, 0.6) is 0 Å². The predicted molar refractivity (Wildman–Crippen MR) is 37.0 cm³/mol. The molecule has 0 unspecified atom stereocenters. The van der Waals surface area contributed by atoms with E-state index in [9.17, 15) is 0 Å². The molecule has 0 bridgehead atoms. The smallest absolute Gasteiger partial charge is 0.0146 e. The molecule has 0 fully saturated rings. The lowest BCUT2D eigenvalue weighted by atomic mass is 10.1. The van der Waals surface area contributed by atoms with Crippen molar-refractivity contribution in [3.8, 4) is 0 Å². The van der Waals surface area contributed by atoms with Crippen molar-refractivity contribution >= 4 is 0 Å². The second kappa shape index (κ2) is 1.87. The minimum absolute atomic E-state index is 1.12. The van der Waals surface area contributed by atoms with Gasteiger partial charge in [0.1, 0.15) is 0 Å². The lowest BCUT2D eigenvalue weighted by Gasteiger charge is -1.92. The molecule has 0 amide bonds. The zero-order valence-corrected chi connectivity index (χ0v) is 5.22. The fourth-order valence-electron chi connectivity index (χ4n) is 1.26. The van der Waals surface area contributed by atoms with Crippen LogP contribution in [0.2, 0.25) is 0 Å². The van der Waals surface area contributed by atoms with Crippen LogP contribution in [0.4, 0.5) is 0 Å². The zero-order valence-electron chi connectivity index (χ0n) is 5.22. The van der Waals surface area contributed by atoms with E-state index in [1.54, 1.807) is 0 Å². The molecule has 0 heteroatoms. The van der Waals surface area contributed by atoms with E-state index in [1.165, 1.54) is 11.1 Å². The fourth-order valence-corrected chi connectivity index (χ4v) is 1.26. The van der Waals surface area contributed by atoms with Crippen molar-refractivity contribution in [3.63, 3.8) is 0 Å². The average molecular weight is 116 g/mol. The first-order chi connectivity index (χ1) is 4.47. The molecule has 2 radical (unpaired) electrons. The van der Waals surface area contributed by atoms with Gasteiger partial charge in [-0.1, -0.05) is 18.2 Å². The third kappa shape index (κ3) is 0.748. The Morgan fingerprint density at radius 1 is 1.33 bits per heavy atom. The standard InChI is InChI=1S/C9H8/c1-2-5-9-7-3-6-8(9)4-1/h1-4H,6-7H2. The molecule has 1 aliphatic rings. The quantitative estimate of drug-likeness (QED) is 0.484. The summed E-state index contributed by atoms with van der Waals surface area (Å²) in [5, 5.41) is 0. The Hall–Kier alpha value is -0.780. The summed E-state index contributed by atoms with van der Waals surface area (Å²) in [6.45, 7) is 0. The second-order valence-electron chi connectivity index (χ2n) is 2.37. The molecule has 44 valence electrons. The first kappa shape index (κ1) is 5.04. The van der Waals surface area contributed by atoms with E-state index in [1.807, 2.05) is 6.07 Å². The highest BCUT2D eigenvalue weighted by Gasteiger charge is 2.07. The Morgan fingerprint density at radius 3 is 3.22 bits per heavy atom. The second-order valence-corrected chi connectivity index (χ2v) is 2.37. The average Bonchev–Trinajstić information content (AvgIpc) is 2.33. The van der Waals surface area contributed by atoms with Crippen LogP contribution < -0.4 is 0 Å². The van der Waals surface area contributed by atoms with Crippen molar-refractivity contribution in [2.75, 3.05) is 0 Å². The normalized spacial score (nSPS) is 15.6. The van der Waals surface area contributed by atoms with E-state index in [2.05, 4.69) is 24.6 Å². The molecule has 1 aliphatic carbocycles. The largest absolute Gasteiger partial charge is 0.0614 e. The lowest BCUT2D eigenvalue weighted by molar-refractivity contribution is 1.17. The molecule has 9 heavy (non-hydrogen) atoms. The summed E-state index contributed by atoms with van der Waals surface area (Å²) in [7, 11) is 0. The van der Waals surface area contributed by atoms with E-state index in [0.29, 0.717) is 0 Å². The monoisotopic (exact) mass is 116 g/mol. The highest BCUT2D eigenvalue weighted by molar-refractivity contribution is 5.33. The molecule has 0 saturated heterocycles. The Bertz CT molecular complexity index is 190. The summed E-state index contributed by atoms with van der Waals surface area (Å²) in [6.07, 6.45) is 4.56. The van der Waals surface area contributed by atoms with Crippen molar-refractivity contribution in [1.29, 1.82) is 0 Å². The maximum Gasteiger partial charge on any atom is -0.0146 e. The molecule has 0 atom stereocenters. The fraction of sp³-hybridized carbons (Fsp3) is 0.222. The molecule has 0 spiro atoms. The molecule has 1 aromatic rings. The maximum absolute atomic E-state index is 3.22. The van der Waals surface area contributed by atoms with Crippen LogP contribution in [-0.4, -0.2) is 0 Å². The number of hydrogen-bond acceptors (Lipinski definition) is 0. The predicted octanol–water partition coefficient (Wildman–Crippen LogP) is 1.79. The van der Waals surface area contributed by atoms with Crippen molar-refractivity contribution in [2.45, 2.75) is 12.8 Å². The Morgan fingerprint density at radius 2 is 2.33 bits per heavy atom. The van der Waals surface area contributed by atoms with Gasteiger partial charge in [-0.25, -0.2) is 0 Å². The zero-order chi connectivity index (χ0) is 6.10. The number of fused-ring (bicyclic) bond motifs is 1. The number of benzene rings is 1. The Labute approximate surface area is 55.5 Å². The van der Waals surface area contributed by atoms with E-state index >= 15 is 0 Å². The summed E-state index contributed by atoms with van der Waals surface area (Å²) < 4.78 is 0. The summed E-state index contributed by atoms with van der Waals surface area (Å²) in [5.41, 5.74) is 2.84. The van der Waals surface area contributed by atoms with Crippen LogP contribution in [-0.2, 0) is 12.8 Å². The molecule has 0 N–H and O–H groups in total. The molecule has 0 heterocycles. The highest BCUT2D eigenvalue weighted by atomic mass is 14.1. The molecule has 0 aliphatic heterocycles. The van der Waals surface area contributed by atoms with Gasteiger partial charge in [0.05, 0.1) is 0 Å². The van der Waals surface area contributed by atoms with Gasteiger partial charge < -0.3 is 0 Å². The lowest BCUT2D eigenvalue weighted by Crippen LogP contribution is -1.77. The number of rotatable bonds is 0. The molecular formula is C9H8. The van der Waals surface area contributed by atoms with Crippen LogP contribution in [0.3, 0.4) is 0 Å². The van der Waals surface area contributed by atoms with E-state index in [-0.39, 0.29) is 0 Å². The third-order valence-electron chi connectivity index (χ3n) is 1.75. The maximum atomic E-state index is 3.22. The first-order valence-corrected chi connectivity index (χ1v) is 3.27. The van der Waals surface area contributed by atoms with Gasteiger partial charge in [0, 0.05) is 0 Å². The van der Waals surface area contributed by atoms with Gasteiger partial charge in [-0.2, -0.15) is 0 Å². The summed E-state index contributed by atoms with van der Waals surface area (Å²) >= 11 is 0. The van der Waals surface area contributed by atoms with Gasteiger partial charge in [-0.15, -0.1) is 0 Å². The van der Waals surface area contributed by atoms with Crippen molar-refractivity contribution in [2.24, 2.45) is 0 Å². The van der Waals surface area contributed by atoms with E-state index in [4.69, 9.17) is 0 Å². The molecule has 0 saturated carbocycles. The van der Waals surface area contributed by atoms with Gasteiger partial charge in [0.15, 0.2) is 0 Å². The van der Waals surface area contributed by atoms with Crippen LogP contribution in [0.15, 0.2) is 18.2 Å². The minimum atomic E-state index is 1.12. The van der Waals surface area contributed by atoms with Crippen LogP contribution in [0, 0.1) is 12.5 Å². The first-order valence-electron chi connectivity index (χ1n) is 3.27. The van der Waals surface area contributed by atoms with Gasteiger partial charge >= 0.3 is 0 Å². The minimum Gasteiger partial charge on any atom is -0.0614 e. The van der Waals surface area contributed by atoms with E-state index in [0.717, 1.165) is 12.8 Å². The Kier molecular flexibility index (Phi) is 1.05. The summed E-state index contributed by atoms with van der Waals surface area (Å²) in [6, 6.07) is 9.43. The third-order valence-corrected chi connectivity index (χ3v) is 1.75. The Balaban J connectivity index is 2.54. The highest BCUT2D eigenvalue weighted by Crippen LogP contribution is 2.18. The molecule has 0 nitrogen and oxygen atoms in total. The summed E-state index contributed by atoms with van der Waals surface area (Å²) in [5.74, 6) is 0. The van der Waals surface area contributed by atoms with Crippen molar-refractivity contribution in [3.05, 3.63) is 41.8 Å². The van der Waals surface area contributed by atoms with Gasteiger partial charge in [-0.05, 0) is 36.5 Å². The van der Waals surface area contributed by atoms with Gasteiger partial charge in [0.25, 0.3) is 0 Å². The molecule has 1 aromatic carbocycles. The van der Waals surface area contributed by atoms with Crippen molar-refractivity contribution < 1.29 is 0 Å². The topological polar surface area (TPSA) is 0 Å². The molecule has 2 rings (SSSR count). The number of hydrogen-bond donors (Lipinski definition) is 0. The van der Waals surface area contributed by atoms with Crippen LogP contribution in [0.1, 0.15) is 11.1 Å². The van der Waals surface area contributed by atoms with Crippen LogP contribution in [0.25, 0.3) is 0 Å². The van der Waals surface area contributed by atoms with Crippen molar-refractivity contribution in [1.82, 2.24) is 0 Å². The van der Waals surface area contributed by atoms with Gasteiger partial charge in [0.2, 0.25) is 0 Å². The van der Waals surface area contributed by atoms with E-state index < -0.39 is 0 Å². The molecule has 0 aromatic heterocycles.